The van der Waals surface area contributed by atoms with Crippen molar-refractivity contribution in [2.45, 2.75) is 38.9 Å². The van der Waals surface area contributed by atoms with Gasteiger partial charge in [0.15, 0.2) is 0 Å². The molecule has 1 saturated heterocycles. The molecular formula is C22H24N2O5. The minimum atomic E-state index is -1.10. The van der Waals surface area contributed by atoms with Gasteiger partial charge in [0.25, 0.3) is 0 Å². The van der Waals surface area contributed by atoms with Crippen molar-refractivity contribution in [1.82, 2.24) is 10.2 Å². The van der Waals surface area contributed by atoms with E-state index in [2.05, 4.69) is 5.32 Å². The van der Waals surface area contributed by atoms with Crippen LogP contribution in [0.4, 0.5) is 0 Å². The number of likely N-dealkylation sites (tertiary alicyclic amines) is 1. The summed E-state index contributed by atoms with van der Waals surface area (Å²) in [7, 11) is 1.41. The number of carboxylic acid groups (broad SMARTS) is 1. The van der Waals surface area contributed by atoms with E-state index in [1.54, 1.807) is 17.0 Å². The third-order valence-electron chi connectivity index (χ3n) is 5.07. The molecule has 2 amide bonds. The number of carbonyl (C=O) groups is 3. The van der Waals surface area contributed by atoms with Crippen LogP contribution in [0.15, 0.2) is 42.5 Å². The number of hydrogen-bond acceptors (Lipinski definition) is 4. The third-order valence-corrected chi connectivity index (χ3v) is 5.07. The molecule has 0 bridgehead atoms. The predicted octanol–water partition coefficient (Wildman–Crippen LogP) is 2.51. The molecule has 0 saturated carbocycles. The van der Waals surface area contributed by atoms with Gasteiger partial charge in [-0.1, -0.05) is 35.9 Å². The number of carbonyl (C=O) groups excluding carboxylic acids is 2. The van der Waals surface area contributed by atoms with E-state index in [9.17, 15) is 19.5 Å². The predicted molar refractivity (Wildman–Crippen MR) is 107 cm³/mol. The first-order valence-corrected chi connectivity index (χ1v) is 9.42. The Bertz CT molecular complexity index is 923. The Morgan fingerprint density at radius 1 is 1.17 bits per heavy atom. The number of ether oxygens (including phenoxy) is 1. The molecule has 3 rings (SSSR count). The van der Waals surface area contributed by atoms with Gasteiger partial charge in [0.05, 0.1) is 7.11 Å². The summed E-state index contributed by atoms with van der Waals surface area (Å²) in [6.45, 7) is 2.56. The molecule has 29 heavy (non-hydrogen) atoms. The summed E-state index contributed by atoms with van der Waals surface area (Å²) in [5.74, 6) is -1.11. The average Bonchev–Trinajstić information content (AvgIpc) is 3.08. The summed E-state index contributed by atoms with van der Waals surface area (Å²) in [5, 5.41) is 12.1. The molecule has 1 heterocycles. The van der Waals surface area contributed by atoms with Gasteiger partial charge in [-0.25, -0.2) is 4.79 Å². The highest BCUT2D eigenvalue weighted by Crippen LogP contribution is 2.23. The number of aromatic carboxylic acids is 1. The number of nitrogens with zero attached hydrogens (tertiary/aromatic N) is 1. The van der Waals surface area contributed by atoms with Gasteiger partial charge in [-0.05, 0) is 36.6 Å². The summed E-state index contributed by atoms with van der Waals surface area (Å²) < 4.78 is 5.05. The molecule has 0 radical (unpaired) electrons. The summed E-state index contributed by atoms with van der Waals surface area (Å²) >= 11 is 0. The number of carboxylic acids is 1. The van der Waals surface area contributed by atoms with E-state index in [0.29, 0.717) is 24.9 Å². The monoisotopic (exact) mass is 396 g/mol. The normalized spacial score (nSPS) is 16.0. The number of rotatable bonds is 7. The highest BCUT2D eigenvalue weighted by atomic mass is 16.5. The van der Waals surface area contributed by atoms with Gasteiger partial charge < -0.3 is 20.1 Å². The lowest BCUT2D eigenvalue weighted by atomic mass is 10.1. The standard InChI is InChI=1S/C22H24N2O5/c1-14-3-5-15(6-4-14)13-24-18(8-10-20(24)25)21(26)23-12-16-7-9-19(29-2)17(11-16)22(27)28/h3-7,9,11,18H,8,10,12-13H2,1-2H3,(H,23,26)(H,27,28)/t18-/m0/s1. The second kappa shape index (κ2) is 8.77. The van der Waals surface area contributed by atoms with Gasteiger partial charge in [-0.3, -0.25) is 9.59 Å². The zero-order valence-electron chi connectivity index (χ0n) is 16.5. The van der Waals surface area contributed by atoms with Gasteiger partial charge >= 0.3 is 5.97 Å². The number of nitrogens with one attached hydrogen (secondary N) is 1. The number of aryl methyl sites for hydroxylation is 1. The molecule has 2 aromatic carbocycles. The van der Waals surface area contributed by atoms with Crippen LogP contribution in [0, 0.1) is 6.92 Å². The van der Waals surface area contributed by atoms with E-state index in [0.717, 1.165) is 11.1 Å². The second-order valence-corrected chi connectivity index (χ2v) is 7.12. The molecule has 1 fully saturated rings. The van der Waals surface area contributed by atoms with Crippen molar-refractivity contribution in [2.24, 2.45) is 0 Å². The second-order valence-electron chi connectivity index (χ2n) is 7.12. The van der Waals surface area contributed by atoms with E-state index in [-0.39, 0.29) is 29.7 Å². The molecule has 1 atom stereocenters. The Morgan fingerprint density at radius 3 is 2.52 bits per heavy atom. The summed E-state index contributed by atoms with van der Waals surface area (Å²) in [4.78, 5) is 38.0. The minimum absolute atomic E-state index is 0.0382. The molecule has 0 spiro atoms. The lowest BCUT2D eigenvalue weighted by Gasteiger charge is -2.24. The van der Waals surface area contributed by atoms with Crippen LogP contribution < -0.4 is 10.1 Å². The first-order chi connectivity index (χ1) is 13.9. The Hall–Kier alpha value is -3.35. The van der Waals surface area contributed by atoms with Gasteiger partial charge in [-0.2, -0.15) is 0 Å². The third kappa shape index (κ3) is 4.74. The first kappa shape index (κ1) is 20.4. The van der Waals surface area contributed by atoms with Gasteiger partial charge in [-0.15, -0.1) is 0 Å². The lowest BCUT2D eigenvalue weighted by molar-refractivity contribution is -0.135. The van der Waals surface area contributed by atoms with E-state index in [4.69, 9.17) is 4.74 Å². The van der Waals surface area contributed by atoms with Crippen LogP contribution in [-0.2, 0) is 22.7 Å². The van der Waals surface area contributed by atoms with E-state index < -0.39 is 12.0 Å². The van der Waals surface area contributed by atoms with E-state index in [1.807, 2.05) is 31.2 Å². The molecule has 7 heteroatoms. The molecule has 0 unspecified atom stereocenters. The fourth-order valence-corrected chi connectivity index (χ4v) is 3.43. The molecule has 2 N–H and O–H groups in total. The van der Waals surface area contributed by atoms with E-state index in [1.165, 1.54) is 13.2 Å². The highest BCUT2D eigenvalue weighted by molar-refractivity contribution is 5.92. The molecule has 0 aromatic heterocycles. The number of benzene rings is 2. The topological polar surface area (TPSA) is 95.9 Å². The van der Waals surface area contributed by atoms with Crippen LogP contribution in [0.25, 0.3) is 0 Å². The quantitative estimate of drug-likeness (QED) is 0.750. The molecule has 7 nitrogen and oxygen atoms in total. The molecule has 1 aliphatic heterocycles. The van der Waals surface area contributed by atoms with E-state index >= 15 is 0 Å². The zero-order valence-corrected chi connectivity index (χ0v) is 16.5. The van der Waals surface area contributed by atoms with Gasteiger partial charge in [0.2, 0.25) is 11.8 Å². The molecule has 1 aliphatic rings. The fourth-order valence-electron chi connectivity index (χ4n) is 3.43. The smallest absolute Gasteiger partial charge is 0.339 e. The Kier molecular flexibility index (Phi) is 6.16. The van der Waals surface area contributed by atoms with Crippen LogP contribution in [0.5, 0.6) is 5.75 Å². The Balaban J connectivity index is 1.66. The van der Waals surface area contributed by atoms with Crippen molar-refractivity contribution < 1.29 is 24.2 Å². The van der Waals surface area contributed by atoms with Gasteiger partial charge in [0, 0.05) is 19.5 Å². The zero-order chi connectivity index (χ0) is 21.0. The Morgan fingerprint density at radius 2 is 1.86 bits per heavy atom. The molecular weight excluding hydrogens is 372 g/mol. The summed E-state index contributed by atoms with van der Waals surface area (Å²) in [6.07, 6.45) is 0.815. The molecule has 2 aromatic rings. The summed E-state index contributed by atoms with van der Waals surface area (Å²) in [6, 6.07) is 12.1. The fraction of sp³-hybridized carbons (Fsp3) is 0.318. The average molecular weight is 396 g/mol. The Labute approximate surface area is 169 Å². The maximum Gasteiger partial charge on any atom is 0.339 e. The maximum absolute atomic E-state index is 12.7. The number of hydrogen-bond donors (Lipinski definition) is 2. The van der Waals surface area contributed by atoms with Crippen LogP contribution in [0.2, 0.25) is 0 Å². The van der Waals surface area contributed by atoms with Crippen LogP contribution in [0.1, 0.15) is 39.9 Å². The first-order valence-electron chi connectivity index (χ1n) is 9.42. The van der Waals surface area contributed by atoms with Crippen molar-refractivity contribution in [3.63, 3.8) is 0 Å². The lowest BCUT2D eigenvalue weighted by Crippen LogP contribution is -2.44. The maximum atomic E-state index is 12.7. The largest absolute Gasteiger partial charge is 0.496 e. The molecule has 152 valence electrons. The van der Waals surface area contributed by atoms with Crippen molar-refractivity contribution in [2.75, 3.05) is 7.11 Å². The minimum Gasteiger partial charge on any atom is -0.496 e. The van der Waals surface area contributed by atoms with Gasteiger partial charge in [0.1, 0.15) is 17.4 Å². The summed E-state index contributed by atoms with van der Waals surface area (Å²) in [5.41, 5.74) is 2.79. The number of amides is 2. The van der Waals surface area contributed by atoms with Crippen molar-refractivity contribution >= 4 is 17.8 Å². The van der Waals surface area contributed by atoms with Crippen LogP contribution in [-0.4, -0.2) is 40.9 Å². The van der Waals surface area contributed by atoms with Crippen molar-refractivity contribution in [1.29, 1.82) is 0 Å². The molecule has 0 aliphatic carbocycles. The van der Waals surface area contributed by atoms with Crippen molar-refractivity contribution in [3.05, 3.63) is 64.7 Å². The number of methoxy groups -OCH3 is 1. The van der Waals surface area contributed by atoms with Crippen LogP contribution >= 0.6 is 0 Å². The van der Waals surface area contributed by atoms with Crippen LogP contribution in [0.3, 0.4) is 0 Å². The SMILES string of the molecule is COc1ccc(CNC(=O)[C@@H]2CCC(=O)N2Cc2ccc(C)cc2)cc1C(=O)O. The van der Waals surface area contributed by atoms with Crippen molar-refractivity contribution in [3.8, 4) is 5.75 Å². The highest BCUT2D eigenvalue weighted by Gasteiger charge is 2.35.